The smallest absolute Gasteiger partial charge is 0.254 e. The Bertz CT molecular complexity index is 1090. The number of pyridine rings is 1. The quantitative estimate of drug-likeness (QED) is 0.576. The SMILES string of the molecule is NC(=O)c1cccnc1OC1CC2(CC(Nc3nc(-c4ccccc4Cl)cs3)C2)C1. The van der Waals surface area contributed by atoms with Crippen molar-refractivity contribution >= 4 is 34.0 Å². The van der Waals surface area contributed by atoms with Gasteiger partial charge in [-0.3, -0.25) is 4.79 Å². The topological polar surface area (TPSA) is 90.1 Å². The van der Waals surface area contributed by atoms with Gasteiger partial charge < -0.3 is 15.8 Å². The van der Waals surface area contributed by atoms with Gasteiger partial charge in [-0.25, -0.2) is 9.97 Å². The molecule has 5 rings (SSSR count). The van der Waals surface area contributed by atoms with Crippen molar-refractivity contribution in [3.05, 3.63) is 58.6 Å². The molecule has 1 aromatic carbocycles. The molecule has 2 aliphatic rings. The summed E-state index contributed by atoms with van der Waals surface area (Å²) in [4.78, 5) is 20.4. The first kappa shape index (κ1) is 19.3. The Morgan fingerprint density at radius 3 is 2.77 bits per heavy atom. The standard InChI is InChI=1S/C22H21ClN4O2S/c23-17-6-2-1-4-15(17)18-12-30-21(27-18)26-13-8-22(9-13)10-14(11-22)29-20-16(19(24)28)5-3-7-25-20/h1-7,12-14H,8-11H2,(H2,24,28)(H,26,27). The van der Waals surface area contributed by atoms with Gasteiger partial charge in [-0.05, 0) is 49.3 Å². The number of rotatable bonds is 6. The zero-order valence-electron chi connectivity index (χ0n) is 16.2. The van der Waals surface area contributed by atoms with E-state index in [9.17, 15) is 4.79 Å². The molecule has 2 fully saturated rings. The fraction of sp³-hybridized carbons (Fsp3) is 0.318. The molecule has 2 heterocycles. The Morgan fingerprint density at radius 1 is 1.20 bits per heavy atom. The number of hydrogen-bond acceptors (Lipinski definition) is 6. The monoisotopic (exact) mass is 440 g/mol. The van der Waals surface area contributed by atoms with Crippen LogP contribution in [-0.4, -0.2) is 28.0 Å². The second-order valence-electron chi connectivity index (χ2n) is 8.14. The molecule has 0 bridgehead atoms. The van der Waals surface area contributed by atoms with Crippen LogP contribution in [0.2, 0.25) is 5.02 Å². The summed E-state index contributed by atoms with van der Waals surface area (Å²) in [5, 5.41) is 7.23. The van der Waals surface area contributed by atoms with E-state index in [2.05, 4.69) is 10.3 Å². The molecule has 154 valence electrons. The van der Waals surface area contributed by atoms with E-state index in [1.807, 2.05) is 29.6 Å². The highest BCUT2D eigenvalue weighted by molar-refractivity contribution is 7.14. The van der Waals surface area contributed by atoms with Crippen molar-refractivity contribution in [2.24, 2.45) is 11.1 Å². The second kappa shape index (κ2) is 7.56. The number of nitrogens with zero attached hydrogens (tertiary/aromatic N) is 2. The molecule has 2 aromatic heterocycles. The normalized spacial score (nSPS) is 24.7. The molecule has 0 saturated heterocycles. The first-order valence-corrected chi connectivity index (χ1v) is 11.2. The number of amides is 1. The predicted octanol–water partition coefficient (Wildman–Crippen LogP) is 4.76. The van der Waals surface area contributed by atoms with E-state index in [1.54, 1.807) is 29.7 Å². The van der Waals surface area contributed by atoms with E-state index in [4.69, 9.17) is 27.1 Å². The average Bonchev–Trinajstić information content (AvgIpc) is 3.13. The number of carbonyl (C=O) groups is 1. The number of hydrogen-bond donors (Lipinski definition) is 2. The van der Waals surface area contributed by atoms with Crippen molar-refractivity contribution < 1.29 is 9.53 Å². The van der Waals surface area contributed by atoms with Crippen LogP contribution >= 0.6 is 22.9 Å². The van der Waals surface area contributed by atoms with Crippen molar-refractivity contribution in [2.45, 2.75) is 37.8 Å². The van der Waals surface area contributed by atoms with Crippen LogP contribution in [0, 0.1) is 5.41 Å². The van der Waals surface area contributed by atoms with E-state index >= 15 is 0 Å². The third kappa shape index (κ3) is 3.63. The molecule has 1 spiro atoms. The molecule has 3 aromatic rings. The number of benzene rings is 1. The Hall–Kier alpha value is -2.64. The molecule has 6 nitrogen and oxygen atoms in total. The lowest BCUT2D eigenvalue weighted by atomic mass is 9.53. The summed E-state index contributed by atoms with van der Waals surface area (Å²) in [6, 6.07) is 11.5. The van der Waals surface area contributed by atoms with Crippen molar-refractivity contribution in [1.29, 1.82) is 0 Å². The number of anilines is 1. The molecule has 0 radical (unpaired) electrons. The fourth-order valence-corrected chi connectivity index (χ4v) is 5.57. The molecule has 2 saturated carbocycles. The van der Waals surface area contributed by atoms with Gasteiger partial charge >= 0.3 is 0 Å². The zero-order valence-corrected chi connectivity index (χ0v) is 17.7. The number of halogens is 1. The maximum absolute atomic E-state index is 11.5. The summed E-state index contributed by atoms with van der Waals surface area (Å²) in [5.41, 5.74) is 7.92. The highest BCUT2D eigenvalue weighted by Crippen LogP contribution is 2.57. The molecule has 1 amide bonds. The van der Waals surface area contributed by atoms with E-state index in [-0.39, 0.29) is 6.10 Å². The Labute approximate surface area is 183 Å². The van der Waals surface area contributed by atoms with Crippen LogP contribution in [0.15, 0.2) is 48.0 Å². The van der Waals surface area contributed by atoms with Gasteiger partial charge in [-0.1, -0.05) is 29.8 Å². The molecule has 3 N–H and O–H groups in total. The van der Waals surface area contributed by atoms with E-state index in [1.165, 1.54) is 0 Å². The van der Waals surface area contributed by atoms with Gasteiger partial charge in [0, 0.05) is 28.2 Å². The maximum Gasteiger partial charge on any atom is 0.254 e. The number of ether oxygens (including phenoxy) is 1. The van der Waals surface area contributed by atoms with Gasteiger partial charge in [-0.15, -0.1) is 11.3 Å². The summed E-state index contributed by atoms with van der Waals surface area (Å²) in [6.45, 7) is 0. The van der Waals surface area contributed by atoms with Gasteiger partial charge in [0.1, 0.15) is 11.7 Å². The second-order valence-corrected chi connectivity index (χ2v) is 9.40. The van der Waals surface area contributed by atoms with Crippen LogP contribution < -0.4 is 15.8 Å². The van der Waals surface area contributed by atoms with E-state index < -0.39 is 5.91 Å². The molecule has 2 aliphatic carbocycles. The van der Waals surface area contributed by atoms with Crippen molar-refractivity contribution in [1.82, 2.24) is 9.97 Å². The highest BCUT2D eigenvalue weighted by Gasteiger charge is 2.54. The van der Waals surface area contributed by atoms with Crippen LogP contribution in [0.1, 0.15) is 36.0 Å². The van der Waals surface area contributed by atoms with Crippen molar-refractivity contribution in [3.63, 3.8) is 0 Å². The van der Waals surface area contributed by atoms with Crippen LogP contribution in [0.5, 0.6) is 5.88 Å². The summed E-state index contributed by atoms with van der Waals surface area (Å²) >= 11 is 7.88. The molecule has 0 unspecified atom stereocenters. The lowest BCUT2D eigenvalue weighted by molar-refractivity contribution is -0.0759. The van der Waals surface area contributed by atoms with Gasteiger partial charge in [0.05, 0.1) is 5.69 Å². The largest absolute Gasteiger partial charge is 0.474 e. The number of carbonyl (C=O) groups excluding carboxylic acids is 1. The zero-order chi connectivity index (χ0) is 20.7. The lowest BCUT2D eigenvalue weighted by Gasteiger charge is -2.57. The number of thiazole rings is 1. The van der Waals surface area contributed by atoms with Crippen LogP contribution in [-0.2, 0) is 0 Å². The highest BCUT2D eigenvalue weighted by atomic mass is 35.5. The molecule has 8 heteroatoms. The minimum absolute atomic E-state index is 0.0886. The first-order chi connectivity index (χ1) is 14.5. The Kier molecular flexibility index (Phi) is 4.87. The minimum atomic E-state index is -0.514. The third-order valence-electron chi connectivity index (χ3n) is 5.98. The Balaban J connectivity index is 1.13. The van der Waals surface area contributed by atoms with Crippen molar-refractivity contribution in [2.75, 3.05) is 5.32 Å². The summed E-state index contributed by atoms with van der Waals surface area (Å²) in [6.07, 6.45) is 5.85. The third-order valence-corrected chi connectivity index (χ3v) is 7.08. The van der Waals surface area contributed by atoms with Crippen LogP contribution in [0.25, 0.3) is 11.3 Å². The number of primary amides is 1. The van der Waals surface area contributed by atoms with Gasteiger partial charge in [0.15, 0.2) is 5.13 Å². The lowest BCUT2D eigenvalue weighted by Crippen LogP contribution is -2.56. The summed E-state index contributed by atoms with van der Waals surface area (Å²) in [7, 11) is 0. The molecule has 0 aliphatic heterocycles. The van der Waals surface area contributed by atoms with Crippen LogP contribution in [0.4, 0.5) is 5.13 Å². The number of nitrogens with two attached hydrogens (primary N) is 1. The maximum atomic E-state index is 11.5. The molecule has 30 heavy (non-hydrogen) atoms. The van der Waals surface area contributed by atoms with Crippen molar-refractivity contribution in [3.8, 4) is 17.1 Å². The van der Waals surface area contributed by atoms with Gasteiger partial charge in [0.2, 0.25) is 5.88 Å². The molecule has 0 atom stereocenters. The minimum Gasteiger partial charge on any atom is -0.474 e. The number of aromatic nitrogens is 2. The summed E-state index contributed by atoms with van der Waals surface area (Å²) in [5.74, 6) is -0.173. The van der Waals surface area contributed by atoms with Crippen LogP contribution in [0.3, 0.4) is 0 Å². The number of nitrogens with one attached hydrogen (secondary N) is 1. The predicted molar refractivity (Wildman–Crippen MR) is 118 cm³/mol. The average molecular weight is 441 g/mol. The molecular formula is C22H21ClN4O2S. The fourth-order valence-electron chi connectivity index (χ4n) is 4.55. The first-order valence-electron chi connectivity index (χ1n) is 9.90. The van der Waals surface area contributed by atoms with Gasteiger partial charge in [0.25, 0.3) is 5.91 Å². The van der Waals surface area contributed by atoms with E-state index in [0.717, 1.165) is 42.1 Å². The van der Waals surface area contributed by atoms with E-state index in [0.29, 0.717) is 27.9 Å². The molecular weight excluding hydrogens is 420 g/mol. The summed E-state index contributed by atoms with van der Waals surface area (Å²) < 4.78 is 5.94. The Morgan fingerprint density at radius 2 is 2.00 bits per heavy atom. The van der Waals surface area contributed by atoms with Gasteiger partial charge in [-0.2, -0.15) is 0 Å².